The van der Waals surface area contributed by atoms with Crippen molar-refractivity contribution in [2.75, 3.05) is 14.7 Å². The van der Waals surface area contributed by atoms with Gasteiger partial charge in [-0.05, 0) is 285 Å². The van der Waals surface area contributed by atoms with E-state index in [4.69, 9.17) is 0 Å². The first-order chi connectivity index (χ1) is 68.9. The van der Waals surface area contributed by atoms with Gasteiger partial charge in [0.05, 0.1) is 11.0 Å². The molecule has 0 aliphatic carbocycles. The van der Waals surface area contributed by atoms with Crippen LogP contribution in [0.15, 0.2) is 522 Å². The van der Waals surface area contributed by atoms with Gasteiger partial charge in [0.1, 0.15) is 0 Å². The Hall–Kier alpha value is -17.3. The molecule has 28 aromatic rings. The molecule has 0 saturated carbocycles. The third-order valence-electron chi connectivity index (χ3n) is 27.6. The van der Waals surface area contributed by atoms with E-state index in [9.17, 15) is 0 Å². The van der Waals surface area contributed by atoms with Gasteiger partial charge in [-0.15, -0.1) is 34.0 Å². The van der Waals surface area contributed by atoms with E-state index in [0.29, 0.717) is 0 Å². The van der Waals surface area contributed by atoms with Crippen LogP contribution in [0.5, 0.6) is 0 Å². The Kier molecular flexibility index (Phi) is 20.9. The second-order valence-electron chi connectivity index (χ2n) is 35.7. The monoisotopic (exact) mass is 1820 g/mol. The first kappa shape index (κ1) is 82.4. The Bertz CT molecular complexity index is 9450. The van der Waals surface area contributed by atoms with Gasteiger partial charge in [-0.3, -0.25) is 0 Å². The molecule has 7 heteroatoms. The number of fused-ring (bicyclic) bond motifs is 24. The molecule has 24 aromatic carbocycles. The summed E-state index contributed by atoms with van der Waals surface area (Å²) >= 11 is 5.64. The number of rotatable bonds is 14. The van der Waals surface area contributed by atoms with Crippen molar-refractivity contribution in [1.29, 1.82) is 0 Å². The van der Waals surface area contributed by atoms with Gasteiger partial charge in [-0.1, -0.05) is 346 Å². The highest BCUT2D eigenvalue weighted by Gasteiger charge is 2.24. The van der Waals surface area contributed by atoms with Crippen LogP contribution in [0.25, 0.3) is 197 Å². The van der Waals surface area contributed by atoms with Crippen LogP contribution in [0.2, 0.25) is 0 Å². The second-order valence-corrected chi connectivity index (χ2v) is 39.0. The Labute approximate surface area is 816 Å². The molecule has 0 N–H and O–H groups in total. The molecule has 0 aliphatic rings. The highest BCUT2D eigenvalue weighted by atomic mass is 32.1. The van der Waals surface area contributed by atoms with Crippen molar-refractivity contribution in [3.8, 4) is 50.2 Å². The zero-order chi connectivity index (χ0) is 91.8. The standard InChI is InChI=1S/C50H32N2S.C44H29NS.C38H25NS/c1-3-11-37(12-4-1)51(40-27-28-41-36(31-40)20-19-34-24-30-48-50(49(34)41)43-16-8-10-18-47(43)53-48)39-25-21-33(22-26-39)35-23-29-46-44(32-35)42-15-7-9-17-45(42)52(46)38-13-5-2-6-14-38;1-3-9-30(10-4-1)32-17-22-36(23-18-32)45(37-24-19-33(20-25-37)31-11-5-2-6-12-31)38-26-27-39-35(29-38)16-15-34-21-28-42-44(43(34)39)40-13-7-8-14-41(40)46-42;1-3-9-26(10-4-1)27-17-20-31(21-18-27)39(30-11-5-2-6-12-30)32-22-23-33-29(25-32)16-15-28-19-24-36-38(37(28)33)34-13-7-8-14-35(34)40-36/h1-32H;1-29H;1-25H. The SMILES string of the molecule is c1ccc(-c2ccc(N(c3ccc(-c4ccccc4)cc3)c3ccc4c(ccc5ccc6sc7ccccc7c6c54)c3)cc2)cc1.c1ccc(-c2ccc(N(c3ccccc3)c3ccc4c(ccc5ccc6sc7ccccc7c6c54)c3)cc2)cc1.c1ccc(N(c2ccc(-c3ccc4c(c3)c3ccccc3n4-c3ccccc3)cc2)c2ccc3c(ccc4ccc5sc6ccccc6c5c43)c2)cc1. The lowest BCUT2D eigenvalue weighted by Gasteiger charge is -2.26. The molecule has 4 aromatic heterocycles. The topological polar surface area (TPSA) is 14.7 Å². The molecule has 139 heavy (non-hydrogen) atoms. The number of para-hydroxylation sites is 4. The number of aromatic nitrogens is 1. The summed E-state index contributed by atoms with van der Waals surface area (Å²) in [4.78, 5) is 7.08. The van der Waals surface area contributed by atoms with Gasteiger partial charge in [-0.25, -0.2) is 0 Å². The summed E-state index contributed by atoms with van der Waals surface area (Å²) in [7, 11) is 0. The van der Waals surface area contributed by atoms with Gasteiger partial charge < -0.3 is 19.3 Å². The highest BCUT2D eigenvalue weighted by Crippen LogP contribution is 2.50. The minimum Gasteiger partial charge on any atom is -0.310 e. The smallest absolute Gasteiger partial charge is 0.0541 e. The Balaban J connectivity index is 0.000000109. The normalized spacial score (nSPS) is 11.6. The summed E-state index contributed by atoms with van der Waals surface area (Å²) in [5, 5.41) is 26.1. The van der Waals surface area contributed by atoms with Gasteiger partial charge in [-0.2, -0.15) is 0 Å². The minimum absolute atomic E-state index is 1.12. The van der Waals surface area contributed by atoms with Crippen LogP contribution >= 0.6 is 34.0 Å². The van der Waals surface area contributed by atoms with Crippen LogP contribution in [0.3, 0.4) is 0 Å². The van der Waals surface area contributed by atoms with E-state index in [0.717, 1.165) is 51.2 Å². The molecule has 0 unspecified atom stereocenters. The van der Waals surface area contributed by atoms with E-state index in [1.807, 2.05) is 34.0 Å². The van der Waals surface area contributed by atoms with Crippen LogP contribution in [0.4, 0.5) is 51.2 Å². The van der Waals surface area contributed by atoms with E-state index in [-0.39, 0.29) is 0 Å². The average Bonchev–Trinajstić information content (AvgIpc) is 1.62. The number of anilines is 9. The fourth-order valence-corrected chi connectivity index (χ4v) is 24.4. The highest BCUT2D eigenvalue weighted by molar-refractivity contribution is 7.27. The first-order valence-corrected chi connectivity index (χ1v) is 49.8. The fourth-order valence-electron chi connectivity index (χ4n) is 21.1. The lowest BCUT2D eigenvalue weighted by molar-refractivity contribution is 1.18. The predicted octanol–water partition coefficient (Wildman–Crippen LogP) is 39.3. The average molecular weight is 1820 g/mol. The number of thiophene rings is 3. The van der Waals surface area contributed by atoms with Crippen molar-refractivity contribution in [2.24, 2.45) is 0 Å². The quantitative estimate of drug-likeness (QED) is 0.101. The summed E-state index contributed by atoms with van der Waals surface area (Å²) in [6.07, 6.45) is 0. The lowest BCUT2D eigenvalue weighted by Crippen LogP contribution is -2.09. The van der Waals surface area contributed by atoms with Crippen LogP contribution < -0.4 is 14.7 Å². The van der Waals surface area contributed by atoms with E-state index in [1.54, 1.807) is 0 Å². The maximum Gasteiger partial charge on any atom is 0.0541 e. The maximum atomic E-state index is 2.37. The van der Waals surface area contributed by atoms with Gasteiger partial charge >= 0.3 is 0 Å². The maximum absolute atomic E-state index is 2.37. The van der Waals surface area contributed by atoms with Crippen molar-refractivity contribution >= 4 is 232 Å². The number of nitrogens with zero attached hydrogens (tertiary/aromatic N) is 4. The first-order valence-electron chi connectivity index (χ1n) is 47.4. The molecular weight excluding hydrogens is 1740 g/mol. The van der Waals surface area contributed by atoms with Crippen LogP contribution in [-0.2, 0) is 0 Å². The molecule has 0 amide bonds. The summed E-state index contributed by atoms with van der Waals surface area (Å²) in [6.45, 7) is 0. The zero-order valence-corrected chi connectivity index (χ0v) is 78.1. The van der Waals surface area contributed by atoms with Gasteiger partial charge in [0.2, 0.25) is 0 Å². The van der Waals surface area contributed by atoms with Crippen molar-refractivity contribution < 1.29 is 0 Å². The molecule has 4 heterocycles. The van der Waals surface area contributed by atoms with E-state index < -0.39 is 0 Å². The fraction of sp³-hybridized carbons (Fsp3) is 0. The van der Waals surface area contributed by atoms with Gasteiger partial charge in [0.15, 0.2) is 0 Å². The molecule has 0 fully saturated rings. The van der Waals surface area contributed by atoms with Crippen molar-refractivity contribution in [1.82, 2.24) is 4.57 Å². The Morgan fingerprint density at radius 2 is 0.388 bits per heavy atom. The van der Waals surface area contributed by atoms with E-state index in [1.165, 1.54) is 197 Å². The molecular formula is C132H86N4S3. The third kappa shape index (κ3) is 15.0. The minimum atomic E-state index is 1.12. The third-order valence-corrected chi connectivity index (χ3v) is 31.0. The second kappa shape index (κ2) is 35.2. The summed E-state index contributed by atoms with van der Waals surface area (Å²) in [5.74, 6) is 0. The molecule has 0 bridgehead atoms. The summed E-state index contributed by atoms with van der Waals surface area (Å²) in [6, 6.07) is 190. The predicted molar refractivity (Wildman–Crippen MR) is 603 cm³/mol. The van der Waals surface area contributed by atoms with E-state index in [2.05, 4.69) is 541 Å². The molecule has 0 saturated heterocycles. The van der Waals surface area contributed by atoms with Gasteiger partial charge in [0.25, 0.3) is 0 Å². The van der Waals surface area contributed by atoms with Crippen LogP contribution in [0.1, 0.15) is 0 Å². The Morgan fingerprint density at radius 1 is 0.137 bits per heavy atom. The molecule has 28 rings (SSSR count). The van der Waals surface area contributed by atoms with Crippen molar-refractivity contribution in [2.45, 2.75) is 0 Å². The molecule has 4 nitrogen and oxygen atoms in total. The number of benzene rings is 24. The summed E-state index contributed by atoms with van der Waals surface area (Å²) in [5.41, 5.74) is 23.5. The van der Waals surface area contributed by atoms with Crippen LogP contribution in [0, 0.1) is 0 Å². The largest absolute Gasteiger partial charge is 0.310 e. The molecule has 0 spiro atoms. The molecule has 0 radical (unpaired) electrons. The van der Waals surface area contributed by atoms with Crippen molar-refractivity contribution in [3.63, 3.8) is 0 Å². The summed E-state index contributed by atoms with van der Waals surface area (Å²) < 4.78 is 10.4. The van der Waals surface area contributed by atoms with Crippen LogP contribution in [-0.4, -0.2) is 4.57 Å². The number of hydrogen-bond acceptors (Lipinski definition) is 6. The molecule has 0 aliphatic heterocycles. The van der Waals surface area contributed by atoms with Gasteiger partial charge in [0, 0.05) is 128 Å². The Morgan fingerprint density at radius 3 is 0.741 bits per heavy atom. The lowest BCUT2D eigenvalue weighted by atomic mass is 9.97. The van der Waals surface area contributed by atoms with Crippen molar-refractivity contribution in [3.05, 3.63) is 522 Å². The molecule has 652 valence electrons. The molecule has 0 atom stereocenters. The number of hydrogen-bond donors (Lipinski definition) is 0. The zero-order valence-electron chi connectivity index (χ0n) is 75.7. The van der Waals surface area contributed by atoms with E-state index >= 15 is 0 Å².